The first-order chi connectivity index (χ1) is 5.22. The molecule has 1 heterocycles. The lowest BCUT2D eigenvalue weighted by atomic mass is 9.88. The van der Waals surface area contributed by atoms with Gasteiger partial charge in [-0.25, -0.2) is 0 Å². The van der Waals surface area contributed by atoms with Crippen molar-refractivity contribution in [2.24, 2.45) is 5.41 Å². The van der Waals surface area contributed by atoms with Crippen molar-refractivity contribution in [3.8, 4) is 0 Å². The molecule has 0 radical (unpaired) electrons. The zero-order valence-corrected chi connectivity index (χ0v) is 7.23. The van der Waals surface area contributed by atoms with Crippen molar-refractivity contribution in [1.29, 1.82) is 0 Å². The third-order valence-electron chi connectivity index (χ3n) is 3.63. The minimum atomic E-state index is 0.397. The van der Waals surface area contributed by atoms with Gasteiger partial charge in [-0.2, -0.15) is 0 Å². The summed E-state index contributed by atoms with van der Waals surface area (Å²) in [5, 5.41) is 0. The van der Waals surface area contributed by atoms with Crippen LogP contribution < -0.4 is 0 Å². The Balaban J connectivity index is 1.82. The molecule has 0 N–H and O–H groups in total. The molecule has 1 atom stereocenters. The highest BCUT2D eigenvalue weighted by molar-refractivity contribution is 5.10. The first-order valence-electron chi connectivity index (χ1n) is 4.90. The molecule has 1 heteroatoms. The number of ether oxygens (including phenoxy) is 1. The molecule has 11 heavy (non-hydrogen) atoms. The summed E-state index contributed by atoms with van der Waals surface area (Å²) in [6.45, 7) is 2.25. The third-order valence-corrected chi connectivity index (χ3v) is 3.63. The van der Waals surface area contributed by atoms with Crippen LogP contribution in [0.5, 0.6) is 0 Å². The van der Waals surface area contributed by atoms with Crippen LogP contribution in [0.15, 0.2) is 0 Å². The Morgan fingerprint density at radius 1 is 1.18 bits per heavy atom. The normalized spacial score (nSPS) is 42.8. The minimum absolute atomic E-state index is 0.397. The van der Waals surface area contributed by atoms with E-state index < -0.39 is 0 Å². The van der Waals surface area contributed by atoms with Gasteiger partial charge in [-0.3, -0.25) is 0 Å². The zero-order valence-electron chi connectivity index (χ0n) is 7.23. The smallest absolute Gasteiger partial charge is 0.0693 e. The Kier molecular flexibility index (Phi) is 0.976. The van der Waals surface area contributed by atoms with Crippen LogP contribution in [0.2, 0.25) is 0 Å². The Morgan fingerprint density at radius 3 is 2.45 bits per heavy atom. The molecular formula is C10H16O. The molecule has 3 aliphatic rings. The quantitative estimate of drug-likeness (QED) is 0.518. The van der Waals surface area contributed by atoms with Gasteiger partial charge in [-0.15, -0.1) is 0 Å². The average Bonchev–Trinajstić information content (AvgIpc) is 2.76. The van der Waals surface area contributed by atoms with E-state index >= 15 is 0 Å². The molecule has 2 aliphatic carbocycles. The molecule has 3 fully saturated rings. The van der Waals surface area contributed by atoms with Crippen LogP contribution in [0.1, 0.15) is 45.4 Å². The fraction of sp³-hybridized carbons (Fsp3) is 1.00. The summed E-state index contributed by atoms with van der Waals surface area (Å²) in [6, 6.07) is 0. The Hall–Kier alpha value is -0.0400. The maximum Gasteiger partial charge on any atom is 0.0693 e. The Bertz CT molecular complexity index is 169. The predicted molar refractivity (Wildman–Crippen MR) is 43.4 cm³/mol. The van der Waals surface area contributed by atoms with Crippen LogP contribution in [0, 0.1) is 5.41 Å². The fourth-order valence-corrected chi connectivity index (χ4v) is 2.87. The van der Waals surface area contributed by atoms with E-state index in [2.05, 4.69) is 6.92 Å². The van der Waals surface area contributed by atoms with Gasteiger partial charge in [-0.1, -0.05) is 0 Å². The van der Waals surface area contributed by atoms with Gasteiger partial charge >= 0.3 is 0 Å². The van der Waals surface area contributed by atoms with Crippen LogP contribution in [-0.4, -0.2) is 11.7 Å². The van der Waals surface area contributed by atoms with Gasteiger partial charge in [0.1, 0.15) is 0 Å². The molecule has 0 aromatic carbocycles. The van der Waals surface area contributed by atoms with Crippen LogP contribution in [0.25, 0.3) is 0 Å². The van der Waals surface area contributed by atoms with E-state index in [-0.39, 0.29) is 0 Å². The summed E-state index contributed by atoms with van der Waals surface area (Å²) >= 11 is 0. The molecule has 0 amide bonds. The molecule has 0 bridgehead atoms. The van der Waals surface area contributed by atoms with Crippen molar-refractivity contribution in [2.45, 2.75) is 57.2 Å². The predicted octanol–water partition coefficient (Wildman–Crippen LogP) is 2.50. The molecule has 3 rings (SSSR count). The largest absolute Gasteiger partial charge is 0.372 e. The van der Waals surface area contributed by atoms with Crippen LogP contribution >= 0.6 is 0 Å². The summed E-state index contributed by atoms with van der Waals surface area (Å²) in [5.74, 6) is 0. The third kappa shape index (κ3) is 0.936. The molecule has 0 aromatic rings. The van der Waals surface area contributed by atoms with E-state index in [1.54, 1.807) is 0 Å². The van der Waals surface area contributed by atoms with E-state index in [0.717, 1.165) is 5.41 Å². The standard InChI is InChI=1S/C10H16O/c1-8-6-9(2-3-9)7-10(11-8)4-5-10/h8H,2-7H2,1H3. The molecule has 1 nitrogen and oxygen atoms in total. The summed E-state index contributed by atoms with van der Waals surface area (Å²) < 4.78 is 5.96. The fourth-order valence-electron chi connectivity index (χ4n) is 2.87. The zero-order chi connectivity index (χ0) is 7.53. The number of hydrogen-bond acceptors (Lipinski definition) is 1. The van der Waals surface area contributed by atoms with Gasteiger partial charge in [0.05, 0.1) is 11.7 Å². The SMILES string of the molecule is CC1CC2(CC2)CC2(CC2)O1. The lowest BCUT2D eigenvalue weighted by Crippen LogP contribution is -2.33. The minimum Gasteiger partial charge on any atom is -0.372 e. The highest BCUT2D eigenvalue weighted by Gasteiger charge is 2.59. The van der Waals surface area contributed by atoms with Gasteiger partial charge in [-0.05, 0) is 50.9 Å². The monoisotopic (exact) mass is 152 g/mol. The number of hydrogen-bond donors (Lipinski definition) is 0. The molecule has 1 saturated heterocycles. The Labute approximate surface area is 68.1 Å². The van der Waals surface area contributed by atoms with E-state index in [9.17, 15) is 0 Å². The van der Waals surface area contributed by atoms with Crippen molar-refractivity contribution in [2.75, 3.05) is 0 Å². The lowest BCUT2D eigenvalue weighted by molar-refractivity contribution is -0.0857. The van der Waals surface area contributed by atoms with Gasteiger partial charge < -0.3 is 4.74 Å². The maximum absolute atomic E-state index is 5.96. The molecule has 2 saturated carbocycles. The second-order valence-electron chi connectivity index (χ2n) is 4.99. The average molecular weight is 152 g/mol. The molecule has 1 aliphatic heterocycles. The van der Waals surface area contributed by atoms with E-state index in [1.165, 1.54) is 38.5 Å². The highest BCUT2D eigenvalue weighted by Crippen LogP contribution is 2.64. The highest BCUT2D eigenvalue weighted by atomic mass is 16.5. The van der Waals surface area contributed by atoms with Crippen molar-refractivity contribution in [3.63, 3.8) is 0 Å². The second-order valence-corrected chi connectivity index (χ2v) is 4.99. The van der Waals surface area contributed by atoms with Crippen molar-refractivity contribution in [1.82, 2.24) is 0 Å². The molecule has 2 spiro atoms. The van der Waals surface area contributed by atoms with Crippen LogP contribution in [0.4, 0.5) is 0 Å². The van der Waals surface area contributed by atoms with Gasteiger partial charge in [0.2, 0.25) is 0 Å². The second kappa shape index (κ2) is 1.66. The van der Waals surface area contributed by atoms with Crippen molar-refractivity contribution in [3.05, 3.63) is 0 Å². The van der Waals surface area contributed by atoms with E-state index in [1.807, 2.05) is 0 Å². The molecule has 1 unspecified atom stereocenters. The summed E-state index contributed by atoms with van der Waals surface area (Å²) in [5.41, 5.74) is 1.17. The van der Waals surface area contributed by atoms with Gasteiger partial charge in [0.25, 0.3) is 0 Å². The molecule has 62 valence electrons. The van der Waals surface area contributed by atoms with Crippen molar-refractivity contribution >= 4 is 0 Å². The summed E-state index contributed by atoms with van der Waals surface area (Å²) in [7, 11) is 0. The summed E-state index contributed by atoms with van der Waals surface area (Å²) in [6.07, 6.45) is 8.95. The van der Waals surface area contributed by atoms with E-state index in [4.69, 9.17) is 4.74 Å². The maximum atomic E-state index is 5.96. The molecule has 0 aromatic heterocycles. The lowest BCUT2D eigenvalue weighted by Gasteiger charge is -2.34. The number of rotatable bonds is 0. The van der Waals surface area contributed by atoms with E-state index in [0.29, 0.717) is 11.7 Å². The van der Waals surface area contributed by atoms with Gasteiger partial charge in [0.15, 0.2) is 0 Å². The van der Waals surface area contributed by atoms with Crippen LogP contribution in [-0.2, 0) is 4.74 Å². The molecular weight excluding hydrogens is 136 g/mol. The summed E-state index contributed by atoms with van der Waals surface area (Å²) in [4.78, 5) is 0. The first kappa shape index (κ1) is 6.47. The van der Waals surface area contributed by atoms with Crippen molar-refractivity contribution < 1.29 is 4.74 Å². The Morgan fingerprint density at radius 2 is 1.91 bits per heavy atom. The first-order valence-corrected chi connectivity index (χ1v) is 4.90. The van der Waals surface area contributed by atoms with Gasteiger partial charge in [0, 0.05) is 0 Å². The topological polar surface area (TPSA) is 9.23 Å². The van der Waals surface area contributed by atoms with Crippen LogP contribution in [0.3, 0.4) is 0 Å².